The molecule has 0 radical (unpaired) electrons. The highest BCUT2D eigenvalue weighted by Crippen LogP contribution is 2.41. The van der Waals surface area contributed by atoms with Crippen LogP contribution in [0.5, 0.6) is 5.75 Å². The number of aliphatic carboxylic acids is 1. The van der Waals surface area contributed by atoms with Crippen molar-refractivity contribution in [2.75, 3.05) is 39.8 Å². The van der Waals surface area contributed by atoms with Gasteiger partial charge in [0.2, 0.25) is 0 Å². The molecule has 1 fully saturated rings. The minimum absolute atomic E-state index is 0.271. The van der Waals surface area contributed by atoms with Crippen LogP contribution in [0.4, 0.5) is 0 Å². The molecule has 4 aromatic rings. The Kier molecular flexibility index (Phi) is 9.98. The summed E-state index contributed by atoms with van der Waals surface area (Å²) < 4.78 is 10.3. The molecule has 11 heteroatoms. The van der Waals surface area contributed by atoms with Crippen LogP contribution in [-0.4, -0.2) is 75.9 Å². The summed E-state index contributed by atoms with van der Waals surface area (Å²) in [5, 5.41) is 11.9. The van der Waals surface area contributed by atoms with Crippen LogP contribution in [0.25, 0.3) is 10.9 Å². The molecule has 9 nitrogen and oxygen atoms in total. The molecule has 0 spiro atoms. The van der Waals surface area contributed by atoms with Gasteiger partial charge in [-0.1, -0.05) is 41.9 Å². The minimum Gasteiger partial charge on any atom is -0.496 e. The predicted octanol–water partition coefficient (Wildman–Crippen LogP) is 6.83. The van der Waals surface area contributed by atoms with Crippen LogP contribution >= 0.6 is 23.5 Å². The lowest BCUT2D eigenvalue weighted by molar-refractivity contribution is -0.137. The van der Waals surface area contributed by atoms with Gasteiger partial charge in [0, 0.05) is 93.3 Å². The normalized spacial score (nSPS) is 15.2. The van der Waals surface area contributed by atoms with E-state index in [1.807, 2.05) is 51.1 Å². The van der Waals surface area contributed by atoms with Crippen LogP contribution < -0.4 is 4.74 Å². The van der Waals surface area contributed by atoms with E-state index in [1.165, 1.54) is 0 Å². The third-order valence-electron chi connectivity index (χ3n) is 8.40. The number of halogens is 1. The van der Waals surface area contributed by atoms with E-state index in [1.54, 1.807) is 48.1 Å². The van der Waals surface area contributed by atoms with E-state index in [0.717, 1.165) is 50.2 Å². The third-order valence-corrected chi connectivity index (χ3v) is 9.35. The van der Waals surface area contributed by atoms with Gasteiger partial charge < -0.3 is 9.84 Å². The molecule has 0 amide bonds. The van der Waals surface area contributed by atoms with Gasteiger partial charge in [-0.15, -0.1) is 4.91 Å². The molecule has 1 atom stereocenters. The summed E-state index contributed by atoms with van der Waals surface area (Å²) in [7, 11) is 1.61. The SMILES string of the molecule is COc1ccc2c(c1CN1CCN(CC(C)(C)SN=O)CC1)c(C(C(=O)O)c1ccccc1)c(C)n2C(=O)c1ccc(Cl)cc1. The zero-order valence-electron chi connectivity index (χ0n) is 25.8. The average molecular weight is 649 g/mol. The molecule has 45 heavy (non-hydrogen) atoms. The second-order valence-corrected chi connectivity index (χ2v) is 13.8. The average Bonchev–Trinajstić information content (AvgIpc) is 3.30. The first-order valence-corrected chi connectivity index (χ1v) is 15.9. The molecule has 1 unspecified atom stereocenters. The molecule has 1 N–H and O–H groups in total. The van der Waals surface area contributed by atoms with E-state index in [-0.39, 0.29) is 10.7 Å². The number of benzene rings is 3. The molecule has 0 saturated carbocycles. The van der Waals surface area contributed by atoms with Crippen molar-refractivity contribution in [3.63, 3.8) is 0 Å². The van der Waals surface area contributed by atoms with Crippen molar-refractivity contribution < 1.29 is 19.4 Å². The molecule has 1 saturated heterocycles. The lowest BCUT2D eigenvalue weighted by Crippen LogP contribution is -2.49. The quantitative estimate of drug-likeness (QED) is 0.139. The number of hydrogen-bond donors (Lipinski definition) is 1. The number of nitrogens with zero attached hydrogens (tertiary/aromatic N) is 4. The zero-order valence-corrected chi connectivity index (χ0v) is 27.4. The number of methoxy groups -OCH3 is 1. The smallest absolute Gasteiger partial charge is 0.315 e. The molecule has 5 rings (SSSR count). The molecular weight excluding hydrogens is 612 g/mol. The topological polar surface area (TPSA) is 104 Å². The lowest BCUT2D eigenvalue weighted by Gasteiger charge is -2.38. The first-order chi connectivity index (χ1) is 21.5. The standard InChI is InChI=1S/C34H37ClN4O5S/c1-22-29(30(33(41)42)23-8-6-5-7-9-23)31-26(20-37-16-18-38(19-17-37)21-34(2,3)45-36-43)28(44-4)15-14-27(31)39(22)32(40)24-10-12-25(35)13-11-24/h5-15,30H,16-21H2,1-4H3,(H,41,42). The number of carbonyl (C=O) groups excluding carboxylic acids is 1. The Bertz CT molecular complexity index is 1700. The number of hydrogen-bond acceptors (Lipinski definition) is 8. The summed E-state index contributed by atoms with van der Waals surface area (Å²) in [6.07, 6.45) is 0. The van der Waals surface area contributed by atoms with E-state index < -0.39 is 11.9 Å². The summed E-state index contributed by atoms with van der Waals surface area (Å²) in [6, 6.07) is 19.5. The first kappa shape index (κ1) is 32.7. The number of fused-ring (bicyclic) bond motifs is 1. The van der Waals surface area contributed by atoms with Crippen molar-refractivity contribution in [2.24, 2.45) is 4.58 Å². The van der Waals surface area contributed by atoms with Crippen LogP contribution in [-0.2, 0) is 11.3 Å². The monoisotopic (exact) mass is 648 g/mol. The van der Waals surface area contributed by atoms with Crippen molar-refractivity contribution in [3.8, 4) is 5.75 Å². The molecule has 3 aromatic carbocycles. The van der Waals surface area contributed by atoms with Gasteiger partial charge in [-0.25, -0.2) is 0 Å². The fourth-order valence-corrected chi connectivity index (χ4v) is 6.91. The molecule has 1 aliphatic heterocycles. The molecule has 0 bridgehead atoms. The Morgan fingerprint density at radius 2 is 1.64 bits per heavy atom. The van der Waals surface area contributed by atoms with Crippen LogP contribution in [0.1, 0.15) is 52.5 Å². The second kappa shape index (κ2) is 13.7. The van der Waals surface area contributed by atoms with Gasteiger partial charge in [0.15, 0.2) is 0 Å². The van der Waals surface area contributed by atoms with E-state index in [2.05, 4.69) is 14.4 Å². The minimum atomic E-state index is -1.01. The van der Waals surface area contributed by atoms with Gasteiger partial charge in [-0.3, -0.25) is 24.0 Å². The van der Waals surface area contributed by atoms with E-state index in [4.69, 9.17) is 16.3 Å². The molecule has 0 aliphatic carbocycles. The number of carbonyl (C=O) groups is 2. The zero-order chi connectivity index (χ0) is 32.3. The van der Waals surface area contributed by atoms with Crippen LogP contribution in [0.15, 0.2) is 71.3 Å². The molecule has 1 aromatic heterocycles. The second-order valence-electron chi connectivity index (χ2n) is 11.9. The Hall–Kier alpha value is -3.70. The van der Waals surface area contributed by atoms with Crippen molar-refractivity contribution in [3.05, 3.63) is 105 Å². The van der Waals surface area contributed by atoms with E-state index >= 15 is 0 Å². The highest BCUT2D eigenvalue weighted by molar-refractivity contribution is 7.99. The van der Waals surface area contributed by atoms with Crippen molar-refractivity contribution >= 4 is 46.3 Å². The Labute approximate surface area is 272 Å². The number of carboxylic acids is 1. The number of aromatic nitrogens is 1. The maximum absolute atomic E-state index is 14.1. The number of ether oxygens (including phenoxy) is 1. The highest BCUT2D eigenvalue weighted by atomic mass is 35.5. The fourth-order valence-electron chi connectivity index (χ4n) is 6.35. The van der Waals surface area contributed by atoms with Crippen molar-refractivity contribution in [1.29, 1.82) is 0 Å². The van der Waals surface area contributed by atoms with Gasteiger partial charge in [-0.05, 0) is 62.7 Å². The van der Waals surface area contributed by atoms with Crippen LogP contribution in [0.2, 0.25) is 5.02 Å². The number of carboxylic acid groups (broad SMARTS) is 1. The van der Waals surface area contributed by atoms with Crippen molar-refractivity contribution in [2.45, 2.75) is 38.0 Å². The van der Waals surface area contributed by atoms with Crippen LogP contribution in [0, 0.1) is 11.8 Å². The Morgan fingerprint density at radius 3 is 2.24 bits per heavy atom. The molecule has 236 valence electrons. The number of piperazine rings is 1. The summed E-state index contributed by atoms with van der Waals surface area (Å²) >= 11 is 7.18. The van der Waals surface area contributed by atoms with E-state index in [9.17, 15) is 19.6 Å². The summed E-state index contributed by atoms with van der Waals surface area (Å²) in [5.41, 5.74) is 3.66. The summed E-state index contributed by atoms with van der Waals surface area (Å²) in [4.78, 5) is 42.7. The van der Waals surface area contributed by atoms with Gasteiger partial charge in [0.25, 0.3) is 5.91 Å². The Morgan fingerprint density at radius 1 is 1.00 bits per heavy atom. The van der Waals surface area contributed by atoms with Gasteiger partial charge in [0.1, 0.15) is 11.7 Å². The van der Waals surface area contributed by atoms with E-state index in [0.29, 0.717) is 50.6 Å². The third kappa shape index (κ3) is 6.94. The first-order valence-electron chi connectivity index (χ1n) is 14.8. The molecular formula is C34H37ClN4O5S. The summed E-state index contributed by atoms with van der Waals surface area (Å²) in [6.45, 7) is 10.3. The predicted molar refractivity (Wildman–Crippen MR) is 180 cm³/mol. The highest BCUT2D eigenvalue weighted by Gasteiger charge is 2.34. The maximum Gasteiger partial charge on any atom is 0.315 e. The fraction of sp³-hybridized carbons (Fsp3) is 0.353. The number of nitroso groups, excluding NO2 is 1. The summed E-state index contributed by atoms with van der Waals surface area (Å²) in [5.74, 6) is -1.65. The number of rotatable bonds is 11. The lowest BCUT2D eigenvalue weighted by atomic mass is 9.87. The van der Waals surface area contributed by atoms with Crippen molar-refractivity contribution in [1.82, 2.24) is 14.4 Å². The van der Waals surface area contributed by atoms with Gasteiger partial charge >= 0.3 is 5.97 Å². The molecule has 2 heterocycles. The molecule has 1 aliphatic rings. The van der Waals surface area contributed by atoms with Gasteiger partial charge in [0.05, 0.1) is 12.6 Å². The maximum atomic E-state index is 14.1. The van der Waals surface area contributed by atoms with Gasteiger partial charge in [-0.2, -0.15) is 0 Å². The van der Waals surface area contributed by atoms with Crippen LogP contribution in [0.3, 0.4) is 0 Å². The largest absolute Gasteiger partial charge is 0.496 e. The Balaban J connectivity index is 1.63.